The van der Waals surface area contributed by atoms with Crippen LogP contribution in [0.3, 0.4) is 0 Å². The third-order valence-electron chi connectivity index (χ3n) is 3.06. The number of hydrogen-bond acceptors (Lipinski definition) is 2. The standard InChI is InChI=1S/C15H21NO2/c1-3-5-6-8-11-9-7-10-12(15(17)18)14(11)13(16)4-2/h4,7,9-10,13H,2-3,5-6,8,16H2,1H3,(H,17,18). The molecule has 3 heteroatoms. The van der Waals surface area contributed by atoms with Crippen LogP contribution in [0.15, 0.2) is 30.9 Å². The Kier molecular flexibility index (Phi) is 5.59. The van der Waals surface area contributed by atoms with Crippen LogP contribution in [0.2, 0.25) is 0 Å². The Morgan fingerprint density at radius 3 is 2.78 bits per heavy atom. The molecule has 1 unspecified atom stereocenters. The maximum atomic E-state index is 11.2. The predicted molar refractivity (Wildman–Crippen MR) is 73.8 cm³/mol. The van der Waals surface area contributed by atoms with Crippen LogP contribution in [-0.4, -0.2) is 11.1 Å². The van der Waals surface area contributed by atoms with Crippen LogP contribution in [-0.2, 0) is 6.42 Å². The van der Waals surface area contributed by atoms with Crippen LogP contribution in [0, 0.1) is 0 Å². The van der Waals surface area contributed by atoms with Crippen molar-refractivity contribution in [2.75, 3.05) is 0 Å². The molecule has 18 heavy (non-hydrogen) atoms. The number of hydrogen-bond donors (Lipinski definition) is 2. The summed E-state index contributed by atoms with van der Waals surface area (Å²) >= 11 is 0. The average molecular weight is 247 g/mol. The third-order valence-corrected chi connectivity index (χ3v) is 3.06. The largest absolute Gasteiger partial charge is 0.478 e. The first-order chi connectivity index (χ1) is 8.61. The van der Waals surface area contributed by atoms with E-state index in [0.717, 1.165) is 31.2 Å². The second-order valence-electron chi connectivity index (χ2n) is 4.40. The Balaban J connectivity index is 3.11. The van der Waals surface area contributed by atoms with Gasteiger partial charge in [0.2, 0.25) is 0 Å². The molecule has 0 spiro atoms. The van der Waals surface area contributed by atoms with Crippen molar-refractivity contribution in [2.24, 2.45) is 5.73 Å². The van der Waals surface area contributed by atoms with E-state index in [2.05, 4.69) is 13.5 Å². The molecule has 0 saturated carbocycles. The Morgan fingerprint density at radius 2 is 2.22 bits per heavy atom. The highest BCUT2D eigenvalue weighted by atomic mass is 16.4. The van der Waals surface area contributed by atoms with E-state index in [9.17, 15) is 9.90 Å². The second kappa shape index (κ2) is 6.97. The molecule has 0 heterocycles. The molecule has 0 aliphatic heterocycles. The average Bonchev–Trinajstić information content (AvgIpc) is 2.37. The predicted octanol–water partition coefficient (Wildman–Crippen LogP) is 3.30. The number of carboxylic acid groups (broad SMARTS) is 1. The van der Waals surface area contributed by atoms with Crippen molar-refractivity contribution in [3.05, 3.63) is 47.5 Å². The van der Waals surface area contributed by atoms with Gasteiger partial charge in [0.1, 0.15) is 0 Å². The topological polar surface area (TPSA) is 63.3 Å². The van der Waals surface area contributed by atoms with Crippen LogP contribution >= 0.6 is 0 Å². The number of nitrogens with two attached hydrogens (primary N) is 1. The lowest BCUT2D eigenvalue weighted by Gasteiger charge is -2.16. The van der Waals surface area contributed by atoms with E-state index in [1.54, 1.807) is 18.2 Å². The molecule has 3 N–H and O–H groups in total. The van der Waals surface area contributed by atoms with Crippen molar-refractivity contribution in [1.82, 2.24) is 0 Å². The summed E-state index contributed by atoms with van der Waals surface area (Å²) in [5.74, 6) is -0.931. The van der Waals surface area contributed by atoms with Gasteiger partial charge in [-0.15, -0.1) is 6.58 Å². The summed E-state index contributed by atoms with van der Waals surface area (Å²) in [7, 11) is 0. The zero-order chi connectivity index (χ0) is 13.5. The highest BCUT2D eigenvalue weighted by Gasteiger charge is 2.17. The Morgan fingerprint density at radius 1 is 1.50 bits per heavy atom. The van der Waals surface area contributed by atoms with Crippen molar-refractivity contribution in [3.8, 4) is 0 Å². The Labute approximate surface area is 108 Å². The molecule has 0 fully saturated rings. The summed E-state index contributed by atoms with van der Waals surface area (Å²) in [6, 6.07) is 4.92. The van der Waals surface area contributed by atoms with Crippen LogP contribution in [0.5, 0.6) is 0 Å². The molecule has 98 valence electrons. The van der Waals surface area contributed by atoms with Gasteiger partial charge >= 0.3 is 5.97 Å². The van der Waals surface area contributed by atoms with Crippen LogP contribution in [0.1, 0.15) is 53.7 Å². The van der Waals surface area contributed by atoms with Crippen molar-refractivity contribution >= 4 is 5.97 Å². The molecule has 0 aliphatic rings. The van der Waals surface area contributed by atoms with Gasteiger partial charge in [-0.1, -0.05) is 38.0 Å². The van der Waals surface area contributed by atoms with Gasteiger partial charge in [-0.3, -0.25) is 0 Å². The molecule has 0 saturated heterocycles. The number of benzene rings is 1. The number of rotatable bonds is 7. The number of aromatic carboxylic acids is 1. The van der Waals surface area contributed by atoms with Gasteiger partial charge in [0.05, 0.1) is 5.56 Å². The highest BCUT2D eigenvalue weighted by Crippen LogP contribution is 2.24. The van der Waals surface area contributed by atoms with E-state index in [-0.39, 0.29) is 5.56 Å². The zero-order valence-corrected chi connectivity index (χ0v) is 10.9. The molecular weight excluding hydrogens is 226 g/mol. The number of unbranched alkanes of at least 4 members (excludes halogenated alkanes) is 2. The summed E-state index contributed by atoms with van der Waals surface area (Å²) in [6.45, 7) is 5.80. The van der Waals surface area contributed by atoms with Crippen LogP contribution < -0.4 is 5.73 Å². The van der Waals surface area contributed by atoms with E-state index < -0.39 is 12.0 Å². The minimum Gasteiger partial charge on any atom is -0.478 e. The molecule has 0 radical (unpaired) electrons. The number of aryl methyl sites for hydroxylation is 1. The zero-order valence-electron chi connectivity index (χ0n) is 10.9. The lowest BCUT2D eigenvalue weighted by atomic mass is 9.92. The maximum Gasteiger partial charge on any atom is 0.336 e. The van der Waals surface area contributed by atoms with Gasteiger partial charge in [0.25, 0.3) is 0 Å². The third kappa shape index (κ3) is 3.44. The fourth-order valence-corrected chi connectivity index (χ4v) is 2.09. The Hall–Kier alpha value is -1.61. The highest BCUT2D eigenvalue weighted by molar-refractivity contribution is 5.90. The van der Waals surface area contributed by atoms with Crippen molar-refractivity contribution in [2.45, 2.75) is 38.6 Å². The molecule has 0 aromatic heterocycles. The van der Waals surface area contributed by atoms with E-state index in [0.29, 0.717) is 5.56 Å². The van der Waals surface area contributed by atoms with Crippen LogP contribution in [0.25, 0.3) is 0 Å². The SMILES string of the molecule is C=CC(N)c1c(CCCCC)cccc1C(=O)O. The Bertz CT molecular complexity index is 427. The molecule has 3 nitrogen and oxygen atoms in total. The second-order valence-corrected chi connectivity index (χ2v) is 4.40. The minimum absolute atomic E-state index is 0.288. The number of carboxylic acids is 1. The fourth-order valence-electron chi connectivity index (χ4n) is 2.09. The van der Waals surface area contributed by atoms with E-state index in [4.69, 9.17) is 5.73 Å². The summed E-state index contributed by atoms with van der Waals surface area (Å²) in [5, 5.41) is 9.22. The monoisotopic (exact) mass is 247 g/mol. The molecule has 0 amide bonds. The maximum absolute atomic E-state index is 11.2. The van der Waals surface area contributed by atoms with Gasteiger partial charge in [-0.2, -0.15) is 0 Å². The first-order valence-corrected chi connectivity index (χ1v) is 6.35. The van der Waals surface area contributed by atoms with E-state index >= 15 is 0 Å². The van der Waals surface area contributed by atoms with Crippen molar-refractivity contribution < 1.29 is 9.90 Å². The molecular formula is C15H21NO2. The summed E-state index contributed by atoms with van der Waals surface area (Å²) in [4.78, 5) is 11.2. The smallest absolute Gasteiger partial charge is 0.336 e. The fraction of sp³-hybridized carbons (Fsp3) is 0.400. The molecule has 1 rings (SSSR count). The molecule has 1 aromatic rings. The lowest BCUT2D eigenvalue weighted by molar-refractivity contribution is 0.0695. The van der Waals surface area contributed by atoms with Crippen molar-refractivity contribution in [1.29, 1.82) is 0 Å². The summed E-state index contributed by atoms with van der Waals surface area (Å²) < 4.78 is 0. The lowest BCUT2D eigenvalue weighted by Crippen LogP contribution is -2.15. The quantitative estimate of drug-likeness (QED) is 0.574. The summed E-state index contributed by atoms with van der Waals surface area (Å²) in [6.07, 6.45) is 5.79. The number of carbonyl (C=O) groups is 1. The van der Waals surface area contributed by atoms with E-state index in [1.807, 2.05) is 6.07 Å². The summed E-state index contributed by atoms with van der Waals surface area (Å²) in [5.41, 5.74) is 7.97. The minimum atomic E-state index is -0.931. The normalized spacial score (nSPS) is 12.1. The van der Waals surface area contributed by atoms with Gasteiger partial charge in [-0.05, 0) is 30.0 Å². The molecule has 0 aliphatic carbocycles. The molecule has 0 bridgehead atoms. The molecule has 1 atom stereocenters. The van der Waals surface area contributed by atoms with Crippen molar-refractivity contribution in [3.63, 3.8) is 0 Å². The van der Waals surface area contributed by atoms with Crippen LogP contribution in [0.4, 0.5) is 0 Å². The first kappa shape index (κ1) is 14.5. The van der Waals surface area contributed by atoms with Gasteiger partial charge in [-0.25, -0.2) is 4.79 Å². The first-order valence-electron chi connectivity index (χ1n) is 6.35. The van der Waals surface area contributed by atoms with Gasteiger partial charge in [0, 0.05) is 6.04 Å². The molecule has 1 aromatic carbocycles. The van der Waals surface area contributed by atoms with E-state index in [1.165, 1.54) is 0 Å². The van der Waals surface area contributed by atoms with Gasteiger partial charge < -0.3 is 10.8 Å². The van der Waals surface area contributed by atoms with Gasteiger partial charge in [0.15, 0.2) is 0 Å².